The normalized spacial score (nSPS) is 15.3. The fourth-order valence-electron chi connectivity index (χ4n) is 8.58. The van der Waals surface area contributed by atoms with Gasteiger partial charge in [0.1, 0.15) is 40.5 Å². The number of nitrogens with zero attached hydrogens (tertiary/aromatic N) is 8. The van der Waals surface area contributed by atoms with Crippen molar-refractivity contribution in [3.8, 4) is 0 Å². The molecule has 8 aromatic rings. The summed E-state index contributed by atoms with van der Waals surface area (Å²) in [5, 5.41) is 41.4. The van der Waals surface area contributed by atoms with Crippen LogP contribution in [0.25, 0.3) is 0 Å². The van der Waals surface area contributed by atoms with Crippen LogP contribution in [-0.2, 0) is 128 Å². The average Bonchev–Trinajstić information content (AvgIpc) is 0.854. The van der Waals surface area contributed by atoms with Gasteiger partial charge in [-0.1, -0.05) is 72.8 Å². The fourth-order valence-corrected chi connectivity index (χ4v) is 11.1. The van der Waals surface area contributed by atoms with Gasteiger partial charge in [-0.05, 0) is 172 Å². The third kappa shape index (κ3) is 34.6. The molecule has 38 heteroatoms. The Morgan fingerprint density at radius 3 is 0.588 bits per heavy atom. The first-order chi connectivity index (χ1) is 45.5. The molecule has 4 aromatic carbocycles. The molecule has 2 fully saturated rings. The number of carbonyl (C=O) groups is 4. The van der Waals surface area contributed by atoms with Gasteiger partial charge in [-0.3, -0.25) is 39.9 Å². The smallest absolute Gasteiger partial charge is 0.744 e. The van der Waals surface area contributed by atoms with E-state index in [9.17, 15) is 91.5 Å². The van der Waals surface area contributed by atoms with Gasteiger partial charge in [0.25, 0.3) is 0 Å². The van der Waals surface area contributed by atoms with Crippen molar-refractivity contribution in [1.82, 2.24) is 19.9 Å². The minimum Gasteiger partial charge on any atom is -0.744 e. The molecule has 2 aliphatic rings. The van der Waals surface area contributed by atoms with Gasteiger partial charge in [0.05, 0.1) is 90.0 Å². The number of carbonyl (C=O) groups excluding carboxylic acids is 4. The molecule has 0 spiro atoms. The standard InChI is InChI=1S/4C12H10N2O3S.2C8H12O4.4Cu.2H2O/c4*15-18(16,17)12-7-2-1-6-11(12)14-9-10-5-3-4-8-13-10;2*9-7(10)5-1-2-6(4-3-5)8(11)12;;;;;;/h4*1-9H,(H,15,16,17);2*5-6H,1-4H2,(H,9,10)(H,11,12);;;;;2*1H2/q;;;;;;4*+2;;/p-8. The number of hydrogen-bond donors (Lipinski definition) is 0. The van der Waals surface area contributed by atoms with E-state index in [2.05, 4.69) is 39.9 Å². The van der Waals surface area contributed by atoms with Gasteiger partial charge in [0.15, 0.2) is 0 Å². The van der Waals surface area contributed by atoms with E-state index in [4.69, 9.17) is 0 Å². The number of benzene rings is 4. The second-order valence-electron chi connectivity index (χ2n) is 20.1. The van der Waals surface area contributed by atoms with Crippen LogP contribution in [-0.4, -0.2) is 132 Å². The number of pyridine rings is 4. The maximum Gasteiger partial charge on any atom is 2.00 e. The molecule has 0 aliphatic heterocycles. The van der Waals surface area contributed by atoms with Crippen molar-refractivity contribution < 1.29 is 171 Å². The summed E-state index contributed by atoms with van der Waals surface area (Å²) in [7, 11) is -18.1. The molecule has 0 amide bonds. The summed E-state index contributed by atoms with van der Waals surface area (Å²) in [6.45, 7) is 0. The van der Waals surface area contributed by atoms with E-state index in [0.717, 1.165) is 0 Å². The van der Waals surface area contributed by atoms with Crippen molar-refractivity contribution in [2.45, 2.75) is 70.9 Å². The molecule has 0 bridgehead atoms. The second kappa shape index (κ2) is 47.8. The van der Waals surface area contributed by atoms with Crippen molar-refractivity contribution in [2.75, 3.05) is 0 Å². The largest absolute Gasteiger partial charge is 2.00 e. The molecule has 30 nitrogen and oxygen atoms in total. The number of aliphatic imine (C=N–C) groups is 4. The van der Waals surface area contributed by atoms with Gasteiger partial charge in [-0.15, -0.1) is 0 Å². The van der Waals surface area contributed by atoms with Crippen LogP contribution >= 0.6 is 0 Å². The van der Waals surface area contributed by atoms with E-state index in [1.165, 1.54) is 97.7 Å². The molecule has 0 saturated heterocycles. The predicted octanol–water partition coefficient (Wildman–Crippen LogP) is 1.87. The summed E-state index contributed by atoms with van der Waals surface area (Å²) in [6, 6.07) is 44.2. The molecule has 4 N–H and O–H groups in total. The van der Waals surface area contributed by atoms with Gasteiger partial charge in [-0.25, -0.2) is 33.7 Å². The second-order valence-corrected chi connectivity index (χ2v) is 25.5. The number of aliphatic carboxylic acids is 4. The number of para-hydroxylation sites is 4. The number of carboxylic acids is 4. The van der Waals surface area contributed by atoms with Gasteiger partial charge in [0, 0.05) is 48.7 Å². The van der Waals surface area contributed by atoms with E-state index in [1.807, 2.05) is 0 Å². The van der Waals surface area contributed by atoms with Crippen LogP contribution in [0.1, 0.15) is 74.1 Å². The molecule has 2 aliphatic carbocycles. The molecular formula is C64H60Cu4N8O22S4. The Labute approximate surface area is 629 Å². The quantitative estimate of drug-likeness (QED) is 0.0757. The zero-order valence-corrected chi connectivity index (χ0v) is 59.4. The summed E-state index contributed by atoms with van der Waals surface area (Å²) < 4.78 is 132. The van der Waals surface area contributed by atoms with Crippen LogP contribution in [0.4, 0.5) is 22.7 Å². The minimum absolute atomic E-state index is 0. The first-order valence-electron chi connectivity index (χ1n) is 28.3. The molecule has 10 rings (SSSR count). The van der Waals surface area contributed by atoms with Crippen LogP contribution in [0.2, 0.25) is 0 Å². The van der Waals surface area contributed by atoms with Gasteiger partial charge >= 0.3 is 68.3 Å². The Morgan fingerprint density at radius 1 is 0.294 bits per heavy atom. The molecule has 556 valence electrons. The van der Waals surface area contributed by atoms with Gasteiger partial charge in [-0.2, -0.15) is 0 Å². The van der Waals surface area contributed by atoms with Crippen LogP contribution < -0.4 is 20.4 Å². The van der Waals surface area contributed by atoms with Crippen LogP contribution in [0.15, 0.2) is 234 Å². The summed E-state index contributed by atoms with van der Waals surface area (Å²) in [6.07, 6.45) is 15.2. The molecule has 0 atom stereocenters. The summed E-state index contributed by atoms with van der Waals surface area (Å²) in [5.74, 6) is -6.08. The molecule has 102 heavy (non-hydrogen) atoms. The van der Waals surface area contributed by atoms with E-state index in [1.54, 1.807) is 122 Å². The first-order valence-corrected chi connectivity index (χ1v) is 34.0. The third-order valence-electron chi connectivity index (χ3n) is 13.4. The molecule has 2 saturated carbocycles. The number of hydrogen-bond acceptors (Lipinski definition) is 28. The minimum atomic E-state index is -4.52. The van der Waals surface area contributed by atoms with E-state index in [0.29, 0.717) is 74.1 Å². The first kappa shape index (κ1) is 95.7. The molecule has 4 heterocycles. The van der Waals surface area contributed by atoms with Crippen molar-refractivity contribution in [3.05, 3.63) is 217 Å². The third-order valence-corrected chi connectivity index (χ3v) is 17.0. The molecular weight excluding hydrogens is 1620 g/mol. The average molecular weight is 1680 g/mol. The van der Waals surface area contributed by atoms with E-state index < -0.39 is 88.0 Å². The Hall–Kier alpha value is -8.32. The molecule has 4 aromatic heterocycles. The SMILES string of the molecule is O.O.O=C([O-])C1CCC(C(=O)[O-])CC1.O=C([O-])C1CCC(C(=O)[O-])CC1.O=S(=O)([O-])c1ccccc1N=Cc1ccccn1.O=S(=O)([O-])c1ccccc1N=Cc1ccccn1.O=S(=O)([O-])c1ccccc1N=Cc1ccccn1.O=S(=O)([O-])c1ccccc1N=Cc1ccccn1.[Cu+2].[Cu+2].[Cu+2].[Cu+2]. The Bertz CT molecular complexity index is 3920. The Kier molecular flexibility index (Phi) is 44.8. The molecule has 4 radical (unpaired) electrons. The summed E-state index contributed by atoms with van der Waals surface area (Å²) in [4.78, 5) is 72.0. The number of rotatable bonds is 16. The Balaban J connectivity index is 0. The maximum atomic E-state index is 11.0. The zero-order chi connectivity index (χ0) is 70.3. The van der Waals surface area contributed by atoms with Gasteiger partial charge in [0.2, 0.25) is 0 Å². The Morgan fingerprint density at radius 2 is 0.451 bits per heavy atom. The summed E-state index contributed by atoms with van der Waals surface area (Å²) in [5.41, 5.74) is 2.75. The maximum absolute atomic E-state index is 11.0. The van der Waals surface area contributed by atoms with E-state index >= 15 is 0 Å². The summed E-state index contributed by atoms with van der Waals surface area (Å²) >= 11 is 0. The van der Waals surface area contributed by atoms with Crippen molar-refractivity contribution in [1.29, 1.82) is 0 Å². The van der Waals surface area contributed by atoms with Crippen LogP contribution in [0, 0.1) is 23.7 Å². The molecule has 0 unspecified atom stereocenters. The van der Waals surface area contributed by atoms with Crippen molar-refractivity contribution >= 4 is 112 Å². The fraction of sp³-hybridized carbons (Fsp3) is 0.188. The number of carboxylic acid groups (broad SMARTS) is 4. The van der Waals surface area contributed by atoms with Crippen molar-refractivity contribution in [2.24, 2.45) is 43.6 Å². The topological polar surface area (TPSA) is 553 Å². The monoisotopic (exact) mass is 1670 g/mol. The van der Waals surface area contributed by atoms with Crippen LogP contribution in [0.3, 0.4) is 0 Å². The predicted molar refractivity (Wildman–Crippen MR) is 342 cm³/mol. The van der Waals surface area contributed by atoms with Crippen LogP contribution in [0.5, 0.6) is 0 Å². The van der Waals surface area contributed by atoms with Gasteiger partial charge < -0.3 is 68.8 Å². The number of aromatic nitrogens is 4. The van der Waals surface area contributed by atoms with Crippen molar-refractivity contribution in [3.63, 3.8) is 0 Å². The van der Waals surface area contributed by atoms with E-state index in [-0.39, 0.29) is 122 Å². The zero-order valence-electron chi connectivity index (χ0n) is 52.3.